The second kappa shape index (κ2) is 9.85. The number of nitrogens with zero attached hydrogens (tertiary/aromatic N) is 2. The van der Waals surface area contributed by atoms with Gasteiger partial charge in [0.05, 0.1) is 0 Å². The van der Waals surface area contributed by atoms with Crippen LogP contribution in [-0.2, 0) is 9.59 Å². The lowest BCUT2D eigenvalue weighted by Gasteiger charge is -2.18. The zero-order valence-corrected chi connectivity index (χ0v) is 17.2. The third-order valence-electron chi connectivity index (χ3n) is 4.31. The van der Waals surface area contributed by atoms with Crippen LogP contribution in [0.3, 0.4) is 0 Å². The molecule has 3 N–H and O–H groups in total. The number of nitrogens with one attached hydrogen (secondary N) is 3. The van der Waals surface area contributed by atoms with E-state index in [4.69, 9.17) is 0 Å². The number of amides is 2. The Morgan fingerprint density at radius 3 is 2.30 bits per heavy atom. The Labute approximate surface area is 161 Å². The van der Waals surface area contributed by atoms with E-state index in [0.29, 0.717) is 30.2 Å². The van der Waals surface area contributed by atoms with Crippen LogP contribution in [0.4, 0.5) is 0 Å². The van der Waals surface area contributed by atoms with E-state index in [0.717, 1.165) is 29.6 Å². The highest BCUT2D eigenvalue weighted by Gasteiger charge is 2.38. The quantitative estimate of drug-likeness (QED) is 0.191. The maximum Gasteiger partial charge on any atom is 0.251 e. The molecule has 0 radical (unpaired) electrons. The van der Waals surface area contributed by atoms with Crippen LogP contribution in [0.15, 0.2) is 44.3 Å². The van der Waals surface area contributed by atoms with E-state index in [-0.39, 0.29) is 11.4 Å². The van der Waals surface area contributed by atoms with Gasteiger partial charge in [-0.15, -0.1) is 0 Å². The Morgan fingerprint density at radius 2 is 1.81 bits per heavy atom. The van der Waals surface area contributed by atoms with Crippen LogP contribution in [0.2, 0.25) is 0 Å². The molecule has 0 aromatic carbocycles. The van der Waals surface area contributed by atoms with E-state index in [9.17, 15) is 9.59 Å². The first-order valence-electron chi connectivity index (χ1n) is 8.95. The summed E-state index contributed by atoms with van der Waals surface area (Å²) in [6.07, 6.45) is 4.35. The van der Waals surface area contributed by atoms with Crippen LogP contribution in [0.1, 0.15) is 54.4 Å². The van der Waals surface area contributed by atoms with Crippen molar-refractivity contribution in [2.24, 2.45) is 9.98 Å². The number of aliphatic imine (C=N–C) groups is 2. The van der Waals surface area contributed by atoms with Gasteiger partial charge in [0.25, 0.3) is 5.91 Å². The summed E-state index contributed by atoms with van der Waals surface area (Å²) in [6.45, 7) is 15.4. The van der Waals surface area contributed by atoms with E-state index < -0.39 is 0 Å². The Morgan fingerprint density at radius 1 is 1.19 bits per heavy atom. The monoisotopic (exact) mass is 373 g/mol. The molecule has 7 nitrogen and oxygen atoms in total. The molecule has 1 rings (SSSR count). The molecular formula is C20H31N5O2. The van der Waals surface area contributed by atoms with Gasteiger partial charge in [-0.1, -0.05) is 5.57 Å². The Balaban J connectivity index is 2.89. The normalized spacial score (nSPS) is 16.7. The molecule has 1 saturated carbocycles. The smallest absolute Gasteiger partial charge is 0.251 e. The second-order valence-electron chi connectivity index (χ2n) is 7.33. The first-order chi connectivity index (χ1) is 12.6. The van der Waals surface area contributed by atoms with Crippen molar-refractivity contribution in [1.82, 2.24) is 16.0 Å². The third kappa shape index (κ3) is 7.21. The maximum absolute atomic E-state index is 12.8. The Kier molecular flexibility index (Phi) is 8.15. The maximum atomic E-state index is 12.8. The van der Waals surface area contributed by atoms with Gasteiger partial charge in [0, 0.05) is 29.4 Å². The standard InChI is InChI=1S/C20H31N5O2/c1-13(2)17(15(4)18(21-7)25-20(6)8-9-20)19(27)23-11-14(3)10-22-16(5)24-12-26/h10,12,25H,7-9,11H2,1-6H3,(H,23,27)(H,22,24,26)/b14-10+,18-15-. The highest BCUT2D eigenvalue weighted by Crippen LogP contribution is 2.36. The van der Waals surface area contributed by atoms with Crippen LogP contribution in [-0.4, -0.2) is 37.0 Å². The zero-order chi connectivity index (χ0) is 20.6. The van der Waals surface area contributed by atoms with Crippen molar-refractivity contribution in [3.8, 4) is 0 Å². The summed E-state index contributed by atoms with van der Waals surface area (Å²) in [5.74, 6) is 0.963. The van der Waals surface area contributed by atoms with Gasteiger partial charge in [-0.25, -0.2) is 9.98 Å². The first-order valence-corrected chi connectivity index (χ1v) is 8.95. The summed E-state index contributed by atoms with van der Waals surface area (Å²) in [7, 11) is 0. The Bertz CT molecular complexity index is 721. The van der Waals surface area contributed by atoms with E-state index in [1.54, 1.807) is 13.1 Å². The van der Waals surface area contributed by atoms with Gasteiger partial charge in [0.1, 0.15) is 11.7 Å². The van der Waals surface area contributed by atoms with Crippen LogP contribution in [0.25, 0.3) is 0 Å². The van der Waals surface area contributed by atoms with Gasteiger partial charge in [0.2, 0.25) is 6.41 Å². The number of carbonyl (C=O) groups excluding carboxylic acids is 2. The zero-order valence-electron chi connectivity index (χ0n) is 17.2. The van der Waals surface area contributed by atoms with Crippen molar-refractivity contribution in [2.75, 3.05) is 6.54 Å². The molecule has 2 amide bonds. The average molecular weight is 374 g/mol. The number of hydrogen-bond acceptors (Lipinski definition) is 5. The van der Waals surface area contributed by atoms with Gasteiger partial charge in [-0.3, -0.25) is 9.59 Å². The Hall–Kier alpha value is -2.70. The van der Waals surface area contributed by atoms with Crippen molar-refractivity contribution in [3.05, 3.63) is 34.3 Å². The molecule has 27 heavy (non-hydrogen) atoms. The van der Waals surface area contributed by atoms with E-state index in [1.165, 1.54) is 0 Å². The molecule has 1 aliphatic carbocycles. The van der Waals surface area contributed by atoms with Crippen LogP contribution < -0.4 is 16.0 Å². The summed E-state index contributed by atoms with van der Waals surface area (Å²) >= 11 is 0. The molecule has 0 heterocycles. The molecule has 1 fully saturated rings. The van der Waals surface area contributed by atoms with E-state index in [2.05, 4.69) is 39.6 Å². The molecule has 148 valence electrons. The summed E-state index contributed by atoms with van der Waals surface area (Å²) < 4.78 is 0. The molecule has 0 bridgehead atoms. The van der Waals surface area contributed by atoms with Crippen molar-refractivity contribution in [3.63, 3.8) is 0 Å². The lowest BCUT2D eigenvalue weighted by Crippen LogP contribution is -2.31. The lowest BCUT2D eigenvalue weighted by atomic mass is 10.0. The fraction of sp³-hybridized carbons (Fsp3) is 0.500. The van der Waals surface area contributed by atoms with Crippen molar-refractivity contribution in [2.45, 2.75) is 59.9 Å². The molecule has 0 aromatic heterocycles. The minimum absolute atomic E-state index is 0.0474. The SMILES string of the molecule is C=N/C(NC1(C)CC1)=C(\C)C(C(=O)NC/C(C)=C/N=C(C)NC=O)=C(C)C. The van der Waals surface area contributed by atoms with Gasteiger partial charge < -0.3 is 16.0 Å². The minimum atomic E-state index is -0.170. The topological polar surface area (TPSA) is 94.9 Å². The molecule has 0 unspecified atom stereocenters. The fourth-order valence-electron chi connectivity index (χ4n) is 2.42. The van der Waals surface area contributed by atoms with E-state index in [1.807, 2.05) is 27.7 Å². The van der Waals surface area contributed by atoms with Crippen molar-refractivity contribution in [1.29, 1.82) is 0 Å². The largest absolute Gasteiger partial charge is 0.365 e. The molecule has 0 spiro atoms. The summed E-state index contributed by atoms with van der Waals surface area (Å²) in [6, 6.07) is 0. The predicted octanol–water partition coefficient (Wildman–Crippen LogP) is 2.58. The van der Waals surface area contributed by atoms with Crippen molar-refractivity contribution >= 4 is 24.9 Å². The van der Waals surface area contributed by atoms with Crippen LogP contribution >= 0.6 is 0 Å². The summed E-state index contributed by atoms with van der Waals surface area (Å²) in [5.41, 5.74) is 3.19. The van der Waals surface area contributed by atoms with Gasteiger partial charge >= 0.3 is 0 Å². The number of rotatable bonds is 9. The van der Waals surface area contributed by atoms with E-state index >= 15 is 0 Å². The lowest BCUT2D eigenvalue weighted by molar-refractivity contribution is -0.117. The molecule has 0 atom stereocenters. The van der Waals surface area contributed by atoms with Crippen LogP contribution in [0.5, 0.6) is 0 Å². The summed E-state index contributed by atoms with van der Waals surface area (Å²) in [5, 5.41) is 8.75. The van der Waals surface area contributed by atoms with Gasteiger partial charge in [-0.05, 0) is 66.7 Å². The highest BCUT2D eigenvalue weighted by molar-refractivity contribution is 5.98. The fourth-order valence-corrected chi connectivity index (χ4v) is 2.42. The molecule has 1 aliphatic rings. The third-order valence-corrected chi connectivity index (χ3v) is 4.31. The molecule has 0 aromatic rings. The molecule has 0 saturated heterocycles. The minimum Gasteiger partial charge on any atom is -0.365 e. The average Bonchev–Trinajstić information content (AvgIpc) is 3.33. The van der Waals surface area contributed by atoms with Crippen molar-refractivity contribution < 1.29 is 9.59 Å². The summed E-state index contributed by atoms with van der Waals surface area (Å²) in [4.78, 5) is 31.3. The number of carbonyl (C=O) groups is 2. The second-order valence-corrected chi connectivity index (χ2v) is 7.33. The molecule has 7 heteroatoms. The number of hydrogen-bond donors (Lipinski definition) is 3. The molecule has 0 aliphatic heterocycles. The highest BCUT2D eigenvalue weighted by atomic mass is 16.1. The van der Waals surface area contributed by atoms with Gasteiger partial charge in [-0.2, -0.15) is 0 Å². The number of allylic oxidation sites excluding steroid dienone is 1. The predicted molar refractivity (Wildman–Crippen MR) is 110 cm³/mol. The van der Waals surface area contributed by atoms with Crippen LogP contribution in [0, 0.1) is 0 Å². The van der Waals surface area contributed by atoms with Gasteiger partial charge in [0.15, 0.2) is 0 Å². The first kappa shape index (κ1) is 22.3. The number of amidine groups is 1. The molecular weight excluding hydrogens is 342 g/mol.